The van der Waals surface area contributed by atoms with Gasteiger partial charge >= 0.3 is 0 Å². The van der Waals surface area contributed by atoms with Gasteiger partial charge in [-0.3, -0.25) is 9.69 Å². The van der Waals surface area contributed by atoms with Crippen LogP contribution in [-0.4, -0.2) is 49.4 Å². The summed E-state index contributed by atoms with van der Waals surface area (Å²) in [6.45, 7) is 2.55. The first kappa shape index (κ1) is 14.5. The number of nitrogen functional groups attached to an aromatic ring is 1. The van der Waals surface area contributed by atoms with Crippen LogP contribution in [0.25, 0.3) is 0 Å². The van der Waals surface area contributed by atoms with Crippen molar-refractivity contribution < 1.29 is 4.79 Å². The molecule has 1 aromatic carbocycles. The normalized spacial score (nSPS) is 11.1. The number of nitrogens with zero attached hydrogens (tertiary/aromatic N) is 2. The van der Waals surface area contributed by atoms with Crippen LogP contribution < -0.4 is 11.5 Å². The van der Waals surface area contributed by atoms with Gasteiger partial charge in [0.2, 0.25) is 5.91 Å². The zero-order valence-electron chi connectivity index (χ0n) is 11.1. The van der Waals surface area contributed by atoms with E-state index in [0.29, 0.717) is 6.54 Å². The van der Waals surface area contributed by atoms with Crippen LogP contribution in [0.4, 0.5) is 5.69 Å². The largest absolute Gasteiger partial charge is 0.398 e. The van der Waals surface area contributed by atoms with Crippen molar-refractivity contribution in [3.8, 4) is 0 Å². The van der Waals surface area contributed by atoms with Gasteiger partial charge in [-0.15, -0.1) is 0 Å². The maximum atomic E-state index is 11.1. The van der Waals surface area contributed by atoms with Crippen LogP contribution in [-0.2, 0) is 11.3 Å². The molecule has 0 aliphatic carbocycles. The minimum Gasteiger partial charge on any atom is -0.398 e. The van der Waals surface area contributed by atoms with Gasteiger partial charge in [-0.1, -0.05) is 18.2 Å². The third kappa shape index (κ3) is 5.16. The Hall–Kier alpha value is -1.59. The van der Waals surface area contributed by atoms with Crippen molar-refractivity contribution in [1.82, 2.24) is 9.80 Å². The quantitative estimate of drug-likeness (QED) is 0.674. The number of benzene rings is 1. The second-order valence-corrected chi connectivity index (χ2v) is 4.68. The number of para-hydroxylation sites is 1. The van der Waals surface area contributed by atoms with Crippen LogP contribution in [0.5, 0.6) is 0 Å². The van der Waals surface area contributed by atoms with E-state index in [4.69, 9.17) is 11.5 Å². The molecule has 4 N–H and O–H groups in total. The number of nitrogens with two attached hydrogens (primary N) is 2. The predicted molar refractivity (Wildman–Crippen MR) is 73.9 cm³/mol. The molecule has 0 fully saturated rings. The van der Waals surface area contributed by atoms with Gasteiger partial charge in [0.15, 0.2) is 0 Å². The van der Waals surface area contributed by atoms with Gasteiger partial charge in [-0.2, -0.15) is 0 Å². The van der Waals surface area contributed by atoms with Gasteiger partial charge < -0.3 is 16.4 Å². The van der Waals surface area contributed by atoms with Crippen LogP contribution in [0.1, 0.15) is 5.56 Å². The lowest BCUT2D eigenvalue weighted by atomic mass is 10.1. The third-order valence-electron chi connectivity index (χ3n) is 2.69. The average Bonchev–Trinajstić information content (AvgIpc) is 2.28. The van der Waals surface area contributed by atoms with Crippen molar-refractivity contribution in [3.63, 3.8) is 0 Å². The van der Waals surface area contributed by atoms with Crippen molar-refractivity contribution in [3.05, 3.63) is 29.8 Å². The number of carbonyl (C=O) groups is 1. The summed E-state index contributed by atoms with van der Waals surface area (Å²) in [6, 6.07) is 7.68. The highest BCUT2D eigenvalue weighted by Crippen LogP contribution is 2.13. The number of hydrogen-bond acceptors (Lipinski definition) is 4. The van der Waals surface area contributed by atoms with E-state index in [1.807, 2.05) is 43.3 Å². The summed E-state index contributed by atoms with van der Waals surface area (Å²) in [5.74, 6) is -0.316. The first-order chi connectivity index (χ1) is 8.49. The molecular weight excluding hydrogens is 228 g/mol. The number of hydrogen-bond donors (Lipinski definition) is 2. The Bertz CT molecular complexity index is 392. The molecule has 0 atom stereocenters. The fraction of sp³-hybridized carbons (Fsp3) is 0.462. The second-order valence-electron chi connectivity index (χ2n) is 4.68. The van der Waals surface area contributed by atoms with Gasteiger partial charge in [0, 0.05) is 25.3 Å². The van der Waals surface area contributed by atoms with Gasteiger partial charge in [-0.05, 0) is 25.7 Å². The first-order valence-electron chi connectivity index (χ1n) is 5.98. The molecule has 5 heteroatoms. The Morgan fingerprint density at radius 2 is 1.89 bits per heavy atom. The van der Waals surface area contributed by atoms with Crippen LogP contribution in [0.2, 0.25) is 0 Å². The predicted octanol–water partition coefficient (Wildman–Crippen LogP) is 0.118. The molecular formula is C13H22N4O. The molecule has 0 unspecified atom stereocenters. The monoisotopic (exact) mass is 250 g/mol. The zero-order chi connectivity index (χ0) is 13.5. The van der Waals surface area contributed by atoms with Crippen molar-refractivity contribution in [1.29, 1.82) is 0 Å². The summed E-state index contributed by atoms with van der Waals surface area (Å²) in [6.07, 6.45) is 0. The molecule has 0 aliphatic rings. The van der Waals surface area contributed by atoms with Crippen LogP contribution in [0.3, 0.4) is 0 Å². The topological polar surface area (TPSA) is 75.6 Å². The fourth-order valence-corrected chi connectivity index (χ4v) is 1.69. The molecule has 18 heavy (non-hydrogen) atoms. The Labute approximate surface area is 108 Å². The SMILES string of the molecule is CN(C)CCN(CC(N)=O)Cc1ccccc1N. The molecule has 0 radical (unpaired) electrons. The van der Waals surface area contributed by atoms with Crippen molar-refractivity contribution in [2.75, 3.05) is 39.5 Å². The number of carbonyl (C=O) groups excluding carboxylic acids is 1. The van der Waals surface area contributed by atoms with Gasteiger partial charge in [0.1, 0.15) is 0 Å². The molecule has 100 valence electrons. The molecule has 0 saturated carbocycles. The number of likely N-dealkylation sites (N-methyl/N-ethyl adjacent to an activating group) is 1. The highest BCUT2D eigenvalue weighted by molar-refractivity contribution is 5.75. The number of rotatable bonds is 7. The third-order valence-corrected chi connectivity index (χ3v) is 2.69. The summed E-state index contributed by atoms with van der Waals surface area (Å²) in [5, 5.41) is 0. The smallest absolute Gasteiger partial charge is 0.231 e. The van der Waals surface area contributed by atoms with E-state index in [1.165, 1.54) is 0 Å². The van der Waals surface area contributed by atoms with E-state index >= 15 is 0 Å². The van der Waals surface area contributed by atoms with Gasteiger partial charge in [0.25, 0.3) is 0 Å². The lowest BCUT2D eigenvalue weighted by molar-refractivity contribution is -0.119. The highest BCUT2D eigenvalue weighted by atomic mass is 16.1. The number of anilines is 1. The summed E-state index contributed by atoms with van der Waals surface area (Å²) in [5.41, 5.74) is 12.9. The average molecular weight is 250 g/mol. The van der Waals surface area contributed by atoms with Crippen molar-refractivity contribution in [2.45, 2.75) is 6.54 Å². The maximum absolute atomic E-state index is 11.1. The van der Waals surface area contributed by atoms with Crippen LogP contribution >= 0.6 is 0 Å². The van der Waals surface area contributed by atoms with E-state index < -0.39 is 0 Å². The molecule has 5 nitrogen and oxygen atoms in total. The maximum Gasteiger partial charge on any atom is 0.231 e. The van der Waals surface area contributed by atoms with E-state index in [-0.39, 0.29) is 12.5 Å². The molecule has 1 aromatic rings. The Morgan fingerprint density at radius 3 is 2.44 bits per heavy atom. The lowest BCUT2D eigenvalue weighted by Crippen LogP contribution is -2.37. The molecule has 0 bridgehead atoms. The van der Waals surface area contributed by atoms with Gasteiger partial charge in [-0.25, -0.2) is 0 Å². The molecule has 1 amide bonds. The van der Waals surface area contributed by atoms with Crippen LogP contribution in [0, 0.1) is 0 Å². The number of amides is 1. The number of primary amides is 1. The Morgan fingerprint density at radius 1 is 1.22 bits per heavy atom. The molecule has 0 aliphatic heterocycles. The summed E-state index contributed by atoms with van der Waals surface area (Å²) in [7, 11) is 4.00. The molecule has 0 heterocycles. The fourth-order valence-electron chi connectivity index (χ4n) is 1.69. The molecule has 0 aromatic heterocycles. The minimum absolute atomic E-state index is 0.252. The van der Waals surface area contributed by atoms with E-state index in [1.54, 1.807) is 0 Å². The Kier molecular flexibility index (Phi) is 5.61. The second kappa shape index (κ2) is 6.98. The summed E-state index contributed by atoms with van der Waals surface area (Å²) >= 11 is 0. The minimum atomic E-state index is -0.316. The standard InChI is InChI=1S/C13H22N4O/c1-16(2)7-8-17(10-13(15)18)9-11-5-3-4-6-12(11)14/h3-6H,7-10,14H2,1-2H3,(H2,15,18). The van der Waals surface area contributed by atoms with E-state index in [9.17, 15) is 4.79 Å². The Balaban J connectivity index is 2.65. The molecule has 0 saturated heterocycles. The van der Waals surface area contributed by atoms with Crippen molar-refractivity contribution >= 4 is 11.6 Å². The van der Waals surface area contributed by atoms with E-state index in [2.05, 4.69) is 4.90 Å². The summed E-state index contributed by atoms with van der Waals surface area (Å²) < 4.78 is 0. The first-order valence-corrected chi connectivity index (χ1v) is 5.98. The van der Waals surface area contributed by atoms with Gasteiger partial charge in [0.05, 0.1) is 6.54 Å². The highest BCUT2D eigenvalue weighted by Gasteiger charge is 2.10. The van der Waals surface area contributed by atoms with E-state index in [0.717, 1.165) is 24.3 Å². The summed E-state index contributed by atoms with van der Waals surface area (Å²) in [4.78, 5) is 15.1. The molecule has 1 rings (SSSR count). The molecule has 0 spiro atoms. The zero-order valence-corrected chi connectivity index (χ0v) is 11.1. The lowest BCUT2D eigenvalue weighted by Gasteiger charge is -2.23. The van der Waals surface area contributed by atoms with Crippen LogP contribution in [0.15, 0.2) is 24.3 Å². The van der Waals surface area contributed by atoms with Crippen molar-refractivity contribution in [2.24, 2.45) is 5.73 Å².